The number of nitrogens with two attached hydrogens (primary N) is 1. The number of rotatable bonds is 3. The van der Waals surface area contributed by atoms with Gasteiger partial charge in [-0.05, 0) is 18.2 Å². The number of ketones is 1. The number of hydrogen-bond acceptors (Lipinski definition) is 4. The Hall–Kier alpha value is -1.10. The Balaban J connectivity index is 2.24. The molecule has 0 aliphatic carbocycles. The highest BCUT2D eigenvalue weighted by Gasteiger charge is 2.32. The summed E-state index contributed by atoms with van der Waals surface area (Å²) >= 11 is 5.90. The molecule has 92 valence electrons. The first-order valence-corrected chi connectivity index (χ1v) is 5.72. The van der Waals surface area contributed by atoms with Gasteiger partial charge in [-0.2, -0.15) is 0 Å². The molecule has 1 aliphatic rings. The molecule has 0 bridgehead atoms. The molecule has 1 heterocycles. The Morgan fingerprint density at radius 3 is 2.88 bits per heavy atom. The van der Waals surface area contributed by atoms with Gasteiger partial charge in [-0.15, -0.1) is 0 Å². The predicted molar refractivity (Wildman–Crippen MR) is 64.6 cm³/mol. The van der Waals surface area contributed by atoms with E-state index in [4.69, 9.17) is 26.8 Å². The highest BCUT2D eigenvalue weighted by atomic mass is 35.5. The number of benzene rings is 1. The summed E-state index contributed by atoms with van der Waals surface area (Å²) in [5.74, 6) is 0.191. The summed E-state index contributed by atoms with van der Waals surface area (Å²) in [6.07, 6.45) is 0. The van der Waals surface area contributed by atoms with E-state index in [1.165, 1.54) is 7.11 Å². The van der Waals surface area contributed by atoms with Crippen molar-refractivity contribution >= 4 is 17.4 Å². The van der Waals surface area contributed by atoms with Crippen LogP contribution in [0.25, 0.3) is 0 Å². The van der Waals surface area contributed by atoms with Gasteiger partial charge >= 0.3 is 0 Å². The fourth-order valence-electron chi connectivity index (χ4n) is 1.87. The minimum absolute atomic E-state index is 0.0232. The minimum atomic E-state index is -0.277. The zero-order chi connectivity index (χ0) is 12.4. The first kappa shape index (κ1) is 12.4. The third kappa shape index (κ3) is 2.44. The van der Waals surface area contributed by atoms with Gasteiger partial charge in [0.25, 0.3) is 0 Å². The summed E-state index contributed by atoms with van der Waals surface area (Å²) in [5.41, 5.74) is 6.37. The van der Waals surface area contributed by atoms with Crippen LogP contribution in [0.4, 0.5) is 0 Å². The van der Waals surface area contributed by atoms with Gasteiger partial charge in [-0.1, -0.05) is 11.6 Å². The topological polar surface area (TPSA) is 61.5 Å². The van der Waals surface area contributed by atoms with Gasteiger partial charge in [0.2, 0.25) is 0 Å². The molecule has 0 radical (unpaired) electrons. The third-order valence-corrected chi connectivity index (χ3v) is 3.21. The third-order valence-electron chi connectivity index (χ3n) is 2.90. The Labute approximate surface area is 105 Å². The molecule has 1 aliphatic heterocycles. The van der Waals surface area contributed by atoms with Crippen LogP contribution in [0.5, 0.6) is 5.75 Å². The van der Waals surface area contributed by atoms with Crippen molar-refractivity contribution in [3.05, 3.63) is 28.8 Å². The first-order valence-electron chi connectivity index (χ1n) is 5.34. The molecule has 1 aromatic carbocycles. The summed E-state index contributed by atoms with van der Waals surface area (Å²) in [7, 11) is 1.51. The van der Waals surface area contributed by atoms with Crippen molar-refractivity contribution in [2.75, 3.05) is 20.3 Å². The predicted octanol–water partition coefficient (Wildman–Crippen LogP) is 1.50. The molecule has 17 heavy (non-hydrogen) atoms. The van der Waals surface area contributed by atoms with Gasteiger partial charge < -0.3 is 15.2 Å². The van der Waals surface area contributed by atoms with Crippen molar-refractivity contribution in [2.45, 2.75) is 6.04 Å². The summed E-state index contributed by atoms with van der Waals surface area (Å²) in [5, 5.41) is 0.482. The maximum atomic E-state index is 12.2. The number of methoxy groups -OCH3 is 1. The quantitative estimate of drug-likeness (QED) is 0.832. The molecular formula is C12H14ClNO3. The van der Waals surface area contributed by atoms with Gasteiger partial charge in [0.05, 0.1) is 31.3 Å². The molecular weight excluding hydrogens is 242 g/mol. The number of ether oxygens (including phenoxy) is 2. The Kier molecular flexibility index (Phi) is 3.66. The lowest BCUT2D eigenvalue weighted by molar-refractivity contribution is 0.0895. The van der Waals surface area contributed by atoms with E-state index < -0.39 is 0 Å². The molecule has 0 aromatic heterocycles. The minimum Gasteiger partial charge on any atom is -0.495 e. The second kappa shape index (κ2) is 5.04. The maximum absolute atomic E-state index is 12.2. The zero-order valence-corrected chi connectivity index (χ0v) is 10.2. The summed E-state index contributed by atoms with van der Waals surface area (Å²) in [6, 6.07) is 4.73. The first-order chi connectivity index (χ1) is 8.13. The maximum Gasteiger partial charge on any atom is 0.170 e. The number of hydrogen-bond donors (Lipinski definition) is 1. The van der Waals surface area contributed by atoms with E-state index >= 15 is 0 Å². The van der Waals surface area contributed by atoms with Crippen molar-refractivity contribution in [2.24, 2.45) is 11.7 Å². The molecule has 0 spiro atoms. The van der Waals surface area contributed by atoms with Crippen molar-refractivity contribution in [3.63, 3.8) is 0 Å². The molecule has 0 amide bonds. The summed E-state index contributed by atoms with van der Waals surface area (Å²) < 4.78 is 10.3. The average Bonchev–Trinajstić information content (AvgIpc) is 2.75. The van der Waals surface area contributed by atoms with Crippen LogP contribution in [-0.4, -0.2) is 32.1 Å². The monoisotopic (exact) mass is 255 g/mol. The average molecular weight is 256 g/mol. The van der Waals surface area contributed by atoms with Crippen molar-refractivity contribution < 1.29 is 14.3 Å². The molecule has 2 atom stereocenters. The standard InChI is InChI=1S/C12H14ClNO3/c1-16-11-4-7(2-3-9(11)13)12(15)8-5-17-6-10(8)14/h2-4,8,10H,5-6,14H2,1H3. The molecule has 1 fully saturated rings. The number of halogens is 1. The van der Waals surface area contributed by atoms with Crippen LogP contribution < -0.4 is 10.5 Å². The van der Waals surface area contributed by atoms with E-state index in [-0.39, 0.29) is 17.7 Å². The lowest BCUT2D eigenvalue weighted by Crippen LogP contribution is -2.34. The Bertz CT molecular complexity index is 436. The molecule has 2 unspecified atom stereocenters. The van der Waals surface area contributed by atoms with Crippen molar-refractivity contribution in [3.8, 4) is 5.75 Å². The fourth-order valence-corrected chi connectivity index (χ4v) is 2.06. The van der Waals surface area contributed by atoms with Crippen LogP contribution >= 0.6 is 11.6 Å². The fraction of sp³-hybridized carbons (Fsp3) is 0.417. The molecule has 2 rings (SSSR count). The number of Topliss-reactive ketones (excluding diaryl/α,β-unsaturated/α-hetero) is 1. The lowest BCUT2D eigenvalue weighted by atomic mass is 9.94. The second-order valence-electron chi connectivity index (χ2n) is 4.02. The number of carbonyl (C=O) groups is 1. The molecule has 0 saturated carbocycles. The Morgan fingerprint density at radius 2 is 2.29 bits per heavy atom. The van der Waals surface area contributed by atoms with Crippen LogP contribution in [-0.2, 0) is 4.74 Å². The van der Waals surface area contributed by atoms with E-state index in [0.717, 1.165) is 0 Å². The summed E-state index contributed by atoms with van der Waals surface area (Å²) in [4.78, 5) is 12.2. The molecule has 1 saturated heterocycles. The summed E-state index contributed by atoms with van der Waals surface area (Å²) in [6.45, 7) is 0.812. The van der Waals surface area contributed by atoms with Crippen molar-refractivity contribution in [1.82, 2.24) is 0 Å². The van der Waals surface area contributed by atoms with E-state index in [0.29, 0.717) is 29.5 Å². The largest absolute Gasteiger partial charge is 0.495 e. The van der Waals surface area contributed by atoms with Gasteiger partial charge in [-0.25, -0.2) is 0 Å². The van der Waals surface area contributed by atoms with E-state index in [1.807, 2.05) is 0 Å². The van der Waals surface area contributed by atoms with Gasteiger partial charge in [0.15, 0.2) is 5.78 Å². The molecule has 2 N–H and O–H groups in total. The Morgan fingerprint density at radius 1 is 1.53 bits per heavy atom. The number of carbonyl (C=O) groups excluding carboxylic acids is 1. The lowest BCUT2D eigenvalue weighted by Gasteiger charge is -2.12. The SMILES string of the molecule is COc1cc(C(=O)C2COCC2N)ccc1Cl. The molecule has 4 nitrogen and oxygen atoms in total. The van der Waals surface area contributed by atoms with Crippen LogP contribution in [0.1, 0.15) is 10.4 Å². The van der Waals surface area contributed by atoms with Crippen LogP contribution in [0.15, 0.2) is 18.2 Å². The zero-order valence-electron chi connectivity index (χ0n) is 9.48. The highest BCUT2D eigenvalue weighted by Crippen LogP contribution is 2.27. The van der Waals surface area contributed by atoms with Crippen LogP contribution in [0.2, 0.25) is 5.02 Å². The normalized spacial score (nSPS) is 23.7. The van der Waals surface area contributed by atoms with Gasteiger partial charge in [0.1, 0.15) is 5.75 Å². The van der Waals surface area contributed by atoms with Gasteiger partial charge in [0, 0.05) is 11.6 Å². The second-order valence-corrected chi connectivity index (χ2v) is 4.43. The van der Waals surface area contributed by atoms with Crippen LogP contribution in [0.3, 0.4) is 0 Å². The van der Waals surface area contributed by atoms with Gasteiger partial charge in [-0.3, -0.25) is 4.79 Å². The molecule has 1 aromatic rings. The highest BCUT2D eigenvalue weighted by molar-refractivity contribution is 6.32. The van der Waals surface area contributed by atoms with E-state index in [9.17, 15) is 4.79 Å². The van der Waals surface area contributed by atoms with Crippen LogP contribution in [0, 0.1) is 5.92 Å². The smallest absolute Gasteiger partial charge is 0.170 e. The molecule has 5 heteroatoms. The van der Waals surface area contributed by atoms with Crippen molar-refractivity contribution in [1.29, 1.82) is 0 Å². The van der Waals surface area contributed by atoms with E-state index in [1.54, 1.807) is 18.2 Å². The van der Waals surface area contributed by atoms with E-state index in [2.05, 4.69) is 0 Å².